The first-order valence-corrected chi connectivity index (χ1v) is 10.3. The van der Waals surface area contributed by atoms with Crippen molar-refractivity contribution in [1.82, 2.24) is 9.78 Å². The molecule has 1 fully saturated rings. The minimum Gasteiger partial charge on any atom is -0.381 e. The van der Waals surface area contributed by atoms with Crippen molar-refractivity contribution in [3.63, 3.8) is 0 Å². The van der Waals surface area contributed by atoms with E-state index in [9.17, 15) is 4.79 Å². The lowest BCUT2D eigenvalue weighted by molar-refractivity contribution is -0.108. The van der Waals surface area contributed by atoms with E-state index in [4.69, 9.17) is 10.1 Å². The number of benzene rings is 1. The van der Waals surface area contributed by atoms with Crippen LogP contribution in [0.25, 0.3) is 6.08 Å². The van der Waals surface area contributed by atoms with Crippen molar-refractivity contribution in [2.45, 2.75) is 40.2 Å². The Hall–Kier alpha value is -2.99. The number of ether oxygens (including phenoxy) is 1. The zero-order valence-corrected chi connectivity index (χ0v) is 17.9. The second-order valence-electron chi connectivity index (χ2n) is 8.69. The number of rotatable bonds is 7. The van der Waals surface area contributed by atoms with Gasteiger partial charge in [-0.05, 0) is 42.0 Å². The molecular formula is C24H30N4O2. The standard InChI is InChI=1S/C24H30N4O2/c1-24(2,3)17-28-21(8-13-27-28)23(25)22(29)9-12-26-20-6-4-18(5-7-20)16-19-10-14-30-15-11-19/h4-9,12-13,16,25-26H,10-11,14-15,17H2,1-3H3/b12-9-,25-23?. The van der Waals surface area contributed by atoms with Gasteiger partial charge >= 0.3 is 0 Å². The second kappa shape index (κ2) is 9.67. The van der Waals surface area contributed by atoms with Crippen LogP contribution in [0.1, 0.15) is 44.9 Å². The van der Waals surface area contributed by atoms with Crippen LogP contribution in [0.2, 0.25) is 0 Å². The monoisotopic (exact) mass is 406 g/mol. The largest absolute Gasteiger partial charge is 0.381 e. The zero-order chi connectivity index (χ0) is 21.6. The number of carbonyl (C=O) groups is 1. The van der Waals surface area contributed by atoms with Crippen molar-refractivity contribution < 1.29 is 9.53 Å². The van der Waals surface area contributed by atoms with Gasteiger partial charge in [0.25, 0.3) is 0 Å². The first-order valence-electron chi connectivity index (χ1n) is 10.3. The molecule has 0 unspecified atom stereocenters. The predicted molar refractivity (Wildman–Crippen MR) is 121 cm³/mol. The summed E-state index contributed by atoms with van der Waals surface area (Å²) >= 11 is 0. The molecule has 0 radical (unpaired) electrons. The first-order chi connectivity index (χ1) is 14.3. The molecule has 0 atom stereocenters. The first kappa shape index (κ1) is 21.7. The molecule has 1 aliphatic heterocycles. The van der Waals surface area contributed by atoms with Crippen molar-refractivity contribution in [3.05, 3.63) is 65.6 Å². The third-order valence-electron chi connectivity index (χ3n) is 4.74. The molecule has 1 aromatic carbocycles. The summed E-state index contributed by atoms with van der Waals surface area (Å²) in [5, 5.41) is 15.6. The van der Waals surface area contributed by atoms with Crippen LogP contribution in [0.3, 0.4) is 0 Å². The van der Waals surface area contributed by atoms with Gasteiger partial charge in [0.15, 0.2) is 0 Å². The minimum absolute atomic E-state index is 0.00829. The molecule has 1 aromatic heterocycles. The number of hydrogen-bond donors (Lipinski definition) is 2. The number of ketones is 1. The summed E-state index contributed by atoms with van der Waals surface area (Å²) in [6.45, 7) is 8.53. The van der Waals surface area contributed by atoms with E-state index in [-0.39, 0.29) is 16.9 Å². The Morgan fingerprint density at radius 3 is 2.57 bits per heavy atom. The van der Waals surface area contributed by atoms with Crippen LogP contribution in [-0.4, -0.2) is 34.5 Å². The molecule has 0 bridgehead atoms. The van der Waals surface area contributed by atoms with Gasteiger partial charge < -0.3 is 10.1 Å². The summed E-state index contributed by atoms with van der Waals surface area (Å²) in [5.41, 5.74) is 3.94. The van der Waals surface area contributed by atoms with Crippen LogP contribution < -0.4 is 5.32 Å². The Morgan fingerprint density at radius 2 is 1.90 bits per heavy atom. The molecule has 1 aliphatic rings. The molecular weight excluding hydrogens is 376 g/mol. The minimum atomic E-state index is -0.362. The normalized spacial score (nSPS) is 14.7. The summed E-state index contributed by atoms with van der Waals surface area (Å²) in [7, 11) is 0. The van der Waals surface area contributed by atoms with Crippen molar-refractivity contribution in [2.24, 2.45) is 5.41 Å². The number of allylic oxidation sites excluding steroid dienone is 1. The number of hydrogen-bond acceptors (Lipinski definition) is 5. The topological polar surface area (TPSA) is 80.0 Å². The Bertz CT molecular complexity index is 938. The summed E-state index contributed by atoms with van der Waals surface area (Å²) < 4.78 is 7.10. The zero-order valence-electron chi connectivity index (χ0n) is 17.9. The van der Waals surface area contributed by atoms with Crippen molar-refractivity contribution >= 4 is 23.3 Å². The molecule has 0 saturated carbocycles. The maximum absolute atomic E-state index is 12.4. The van der Waals surface area contributed by atoms with Crippen LogP contribution in [0, 0.1) is 10.8 Å². The average molecular weight is 407 g/mol. The lowest BCUT2D eigenvalue weighted by Gasteiger charge is -2.19. The SMILES string of the molecule is CC(C)(C)Cn1nccc1C(=N)C(=O)/C=C\Nc1ccc(C=C2CCOCC2)cc1. The molecule has 2 N–H and O–H groups in total. The summed E-state index contributed by atoms with van der Waals surface area (Å²) in [5.74, 6) is -0.362. The van der Waals surface area contributed by atoms with Crippen LogP contribution >= 0.6 is 0 Å². The third-order valence-corrected chi connectivity index (χ3v) is 4.74. The quantitative estimate of drug-likeness (QED) is 0.517. The maximum atomic E-state index is 12.4. The summed E-state index contributed by atoms with van der Waals surface area (Å²) in [6, 6.07) is 9.76. The van der Waals surface area contributed by atoms with Gasteiger partial charge in [0.1, 0.15) is 5.71 Å². The van der Waals surface area contributed by atoms with Gasteiger partial charge in [-0.2, -0.15) is 5.10 Å². The molecule has 6 nitrogen and oxygen atoms in total. The van der Waals surface area contributed by atoms with E-state index in [1.165, 1.54) is 11.6 Å². The van der Waals surface area contributed by atoms with Gasteiger partial charge in [-0.15, -0.1) is 0 Å². The summed E-state index contributed by atoms with van der Waals surface area (Å²) in [6.07, 6.45) is 8.79. The lowest BCUT2D eigenvalue weighted by Crippen LogP contribution is -2.23. The second-order valence-corrected chi connectivity index (χ2v) is 8.69. The molecule has 0 spiro atoms. The van der Waals surface area contributed by atoms with E-state index in [0.717, 1.165) is 37.3 Å². The van der Waals surface area contributed by atoms with E-state index < -0.39 is 0 Å². The van der Waals surface area contributed by atoms with Gasteiger partial charge in [0.2, 0.25) is 5.78 Å². The molecule has 158 valence electrons. The van der Waals surface area contributed by atoms with Gasteiger partial charge in [0, 0.05) is 30.7 Å². The fourth-order valence-electron chi connectivity index (χ4n) is 3.23. The van der Waals surface area contributed by atoms with Crippen LogP contribution in [0.5, 0.6) is 0 Å². The molecule has 30 heavy (non-hydrogen) atoms. The number of nitrogens with one attached hydrogen (secondary N) is 2. The molecule has 2 aromatic rings. The number of aromatic nitrogens is 2. The molecule has 6 heteroatoms. The third kappa shape index (κ3) is 6.26. The highest BCUT2D eigenvalue weighted by Gasteiger charge is 2.18. The average Bonchev–Trinajstić information content (AvgIpc) is 3.15. The van der Waals surface area contributed by atoms with Gasteiger partial charge in [-0.25, -0.2) is 0 Å². The number of nitrogens with zero attached hydrogens (tertiary/aromatic N) is 2. The van der Waals surface area contributed by atoms with Gasteiger partial charge in [-0.3, -0.25) is 14.9 Å². The van der Waals surface area contributed by atoms with E-state index in [0.29, 0.717) is 12.2 Å². The van der Waals surface area contributed by atoms with E-state index >= 15 is 0 Å². The van der Waals surface area contributed by atoms with Crippen LogP contribution in [0.15, 0.2) is 54.4 Å². The van der Waals surface area contributed by atoms with Crippen molar-refractivity contribution in [1.29, 1.82) is 5.41 Å². The molecule has 2 heterocycles. The van der Waals surface area contributed by atoms with Crippen LogP contribution in [-0.2, 0) is 16.1 Å². The highest BCUT2D eigenvalue weighted by atomic mass is 16.5. The van der Waals surface area contributed by atoms with E-state index in [2.05, 4.69) is 37.3 Å². The number of anilines is 1. The predicted octanol–water partition coefficient (Wildman–Crippen LogP) is 4.69. The van der Waals surface area contributed by atoms with Gasteiger partial charge in [0.05, 0.1) is 18.9 Å². The Balaban J connectivity index is 1.57. The highest BCUT2D eigenvalue weighted by molar-refractivity contribution is 6.48. The Morgan fingerprint density at radius 1 is 1.20 bits per heavy atom. The molecule has 3 rings (SSSR count). The maximum Gasteiger partial charge on any atom is 0.207 e. The van der Waals surface area contributed by atoms with Crippen molar-refractivity contribution in [2.75, 3.05) is 18.5 Å². The van der Waals surface area contributed by atoms with Crippen molar-refractivity contribution in [3.8, 4) is 0 Å². The number of carbonyl (C=O) groups excluding carboxylic acids is 1. The molecule has 1 saturated heterocycles. The fraction of sp³-hybridized carbons (Fsp3) is 0.375. The van der Waals surface area contributed by atoms with Gasteiger partial charge in [-0.1, -0.05) is 44.6 Å². The van der Waals surface area contributed by atoms with E-state index in [1.54, 1.807) is 23.1 Å². The molecule has 0 aliphatic carbocycles. The summed E-state index contributed by atoms with van der Waals surface area (Å²) in [4.78, 5) is 12.4. The van der Waals surface area contributed by atoms with Crippen LogP contribution in [0.4, 0.5) is 5.69 Å². The molecule has 0 amide bonds. The Labute approximate surface area is 178 Å². The van der Waals surface area contributed by atoms with E-state index in [1.807, 2.05) is 24.3 Å². The fourth-order valence-corrected chi connectivity index (χ4v) is 3.23. The smallest absolute Gasteiger partial charge is 0.207 e. The lowest BCUT2D eigenvalue weighted by atomic mass is 9.97. The Kier molecular flexibility index (Phi) is 7.00. The highest BCUT2D eigenvalue weighted by Crippen LogP contribution is 2.19.